The molecule has 31 heavy (non-hydrogen) atoms. The lowest BCUT2D eigenvalue weighted by Gasteiger charge is -2.28. The zero-order valence-electron chi connectivity index (χ0n) is 18.0. The minimum atomic E-state index is -0.803. The van der Waals surface area contributed by atoms with E-state index in [0.29, 0.717) is 30.0 Å². The number of likely N-dealkylation sites (N-methyl/N-ethyl adjacent to an activating group) is 1. The van der Waals surface area contributed by atoms with Gasteiger partial charge in [0.1, 0.15) is 17.3 Å². The fourth-order valence-corrected chi connectivity index (χ4v) is 3.82. The summed E-state index contributed by atoms with van der Waals surface area (Å²) in [5.74, 6) is -1.62. The van der Waals surface area contributed by atoms with E-state index in [1.54, 1.807) is 24.3 Å². The molecule has 1 aliphatic heterocycles. The van der Waals surface area contributed by atoms with E-state index in [9.17, 15) is 19.1 Å². The standard InChI is InChI=1S/C24H27FN2O4/c1-4-26(5-2)13-14-27-21(16-9-11-18(25)12-10-16)20(23(29)24(27)30)22(28)17-7-6-8-19(15-17)31-3/h6-12,15,21,28H,4-5,13-14H2,1-3H3/b22-20+. The Morgan fingerprint density at radius 1 is 1.13 bits per heavy atom. The Labute approximate surface area is 181 Å². The molecule has 1 unspecified atom stereocenters. The Morgan fingerprint density at radius 2 is 1.81 bits per heavy atom. The normalized spacial score (nSPS) is 18.1. The van der Waals surface area contributed by atoms with Crippen LogP contribution in [0.5, 0.6) is 5.75 Å². The summed E-state index contributed by atoms with van der Waals surface area (Å²) in [5, 5.41) is 11.0. The van der Waals surface area contributed by atoms with E-state index in [1.807, 2.05) is 13.8 Å². The van der Waals surface area contributed by atoms with E-state index < -0.39 is 23.5 Å². The Kier molecular flexibility index (Phi) is 7.07. The van der Waals surface area contributed by atoms with E-state index in [1.165, 1.54) is 36.3 Å². The van der Waals surface area contributed by atoms with Gasteiger partial charge in [-0.25, -0.2) is 4.39 Å². The highest BCUT2D eigenvalue weighted by Crippen LogP contribution is 2.39. The van der Waals surface area contributed by atoms with Gasteiger partial charge in [0.25, 0.3) is 11.7 Å². The lowest BCUT2D eigenvalue weighted by atomic mass is 9.95. The van der Waals surface area contributed by atoms with Gasteiger partial charge in [0.05, 0.1) is 18.7 Å². The van der Waals surface area contributed by atoms with Gasteiger partial charge in [-0.3, -0.25) is 9.59 Å². The minimum Gasteiger partial charge on any atom is -0.507 e. The molecule has 2 aromatic carbocycles. The number of nitrogens with zero attached hydrogens (tertiary/aromatic N) is 2. The summed E-state index contributed by atoms with van der Waals surface area (Å²) < 4.78 is 18.8. The Hall–Kier alpha value is -3.19. The molecule has 1 N–H and O–H groups in total. The van der Waals surface area contributed by atoms with Crippen molar-refractivity contribution in [3.05, 3.63) is 71.0 Å². The van der Waals surface area contributed by atoms with Crippen LogP contribution < -0.4 is 4.74 Å². The predicted molar refractivity (Wildman–Crippen MR) is 116 cm³/mol. The van der Waals surface area contributed by atoms with Crippen LogP contribution in [0.15, 0.2) is 54.1 Å². The summed E-state index contributed by atoms with van der Waals surface area (Å²) in [4.78, 5) is 29.5. The molecule has 1 fully saturated rings. The highest BCUT2D eigenvalue weighted by molar-refractivity contribution is 6.46. The number of ketones is 1. The molecule has 164 valence electrons. The second kappa shape index (κ2) is 9.75. The van der Waals surface area contributed by atoms with Crippen molar-refractivity contribution in [2.75, 3.05) is 33.3 Å². The molecule has 1 amide bonds. The number of likely N-dealkylation sites (tertiary alicyclic amines) is 1. The number of rotatable bonds is 8. The van der Waals surface area contributed by atoms with Crippen molar-refractivity contribution in [2.24, 2.45) is 0 Å². The average molecular weight is 426 g/mol. The molecule has 6 nitrogen and oxygen atoms in total. The smallest absolute Gasteiger partial charge is 0.295 e. The maximum atomic E-state index is 13.5. The number of Topliss-reactive ketones (excluding diaryl/α,β-unsaturated/α-hetero) is 1. The summed E-state index contributed by atoms with van der Waals surface area (Å²) in [7, 11) is 1.50. The fourth-order valence-electron chi connectivity index (χ4n) is 3.82. The first-order valence-electron chi connectivity index (χ1n) is 10.3. The van der Waals surface area contributed by atoms with Gasteiger partial charge in [0.2, 0.25) is 0 Å². The molecule has 7 heteroatoms. The van der Waals surface area contributed by atoms with Gasteiger partial charge in [0.15, 0.2) is 0 Å². The third-order valence-corrected chi connectivity index (χ3v) is 5.62. The second-order valence-electron chi connectivity index (χ2n) is 7.30. The van der Waals surface area contributed by atoms with Crippen molar-refractivity contribution in [3.63, 3.8) is 0 Å². The van der Waals surface area contributed by atoms with Crippen LogP contribution in [0.2, 0.25) is 0 Å². The third kappa shape index (κ3) is 4.61. The molecule has 2 aromatic rings. The maximum absolute atomic E-state index is 13.5. The fraction of sp³-hybridized carbons (Fsp3) is 0.333. The molecular weight excluding hydrogens is 399 g/mol. The summed E-state index contributed by atoms with van der Waals surface area (Å²) in [6.07, 6.45) is 0. The molecule has 1 atom stereocenters. The van der Waals surface area contributed by atoms with Crippen LogP contribution in [0.1, 0.15) is 31.0 Å². The first-order chi connectivity index (χ1) is 14.9. The number of halogens is 1. The molecule has 1 aliphatic rings. The summed E-state index contributed by atoms with van der Waals surface area (Å²) >= 11 is 0. The van der Waals surface area contributed by atoms with Crippen LogP contribution in [-0.2, 0) is 9.59 Å². The van der Waals surface area contributed by atoms with E-state index in [0.717, 1.165) is 13.1 Å². The van der Waals surface area contributed by atoms with Crippen LogP contribution >= 0.6 is 0 Å². The molecule has 1 saturated heterocycles. The number of aliphatic hydroxyl groups excluding tert-OH is 1. The van der Waals surface area contributed by atoms with Crippen molar-refractivity contribution in [2.45, 2.75) is 19.9 Å². The highest BCUT2D eigenvalue weighted by Gasteiger charge is 2.46. The van der Waals surface area contributed by atoms with Crippen molar-refractivity contribution >= 4 is 17.4 Å². The Bertz CT molecular complexity index is 983. The molecule has 1 heterocycles. The first-order valence-corrected chi connectivity index (χ1v) is 10.3. The number of ether oxygens (including phenoxy) is 1. The quantitative estimate of drug-likeness (QED) is 0.397. The van der Waals surface area contributed by atoms with E-state index in [2.05, 4.69) is 4.90 Å². The van der Waals surface area contributed by atoms with Gasteiger partial charge in [-0.1, -0.05) is 38.1 Å². The highest BCUT2D eigenvalue weighted by atomic mass is 19.1. The SMILES string of the molecule is CCN(CC)CCN1C(=O)C(=O)/C(=C(/O)c2cccc(OC)c2)C1c1ccc(F)cc1. The number of aliphatic hydroxyl groups is 1. The zero-order valence-corrected chi connectivity index (χ0v) is 18.0. The molecule has 0 bridgehead atoms. The van der Waals surface area contributed by atoms with Gasteiger partial charge in [-0.2, -0.15) is 0 Å². The third-order valence-electron chi connectivity index (χ3n) is 5.62. The minimum absolute atomic E-state index is 0.00981. The number of methoxy groups -OCH3 is 1. The van der Waals surface area contributed by atoms with Crippen LogP contribution in [-0.4, -0.2) is 59.9 Å². The van der Waals surface area contributed by atoms with Crippen molar-refractivity contribution in [3.8, 4) is 5.75 Å². The molecule has 0 aromatic heterocycles. The summed E-state index contributed by atoms with van der Waals surface area (Å²) in [5.41, 5.74) is 0.919. The number of carbonyl (C=O) groups excluding carboxylic acids is 2. The van der Waals surface area contributed by atoms with Crippen LogP contribution in [0, 0.1) is 5.82 Å². The molecule has 0 spiro atoms. The van der Waals surface area contributed by atoms with E-state index in [4.69, 9.17) is 4.74 Å². The van der Waals surface area contributed by atoms with Crippen LogP contribution in [0.25, 0.3) is 5.76 Å². The number of hydrogen-bond acceptors (Lipinski definition) is 5. The van der Waals surface area contributed by atoms with Crippen LogP contribution in [0.3, 0.4) is 0 Å². The number of amides is 1. The molecular formula is C24H27FN2O4. The predicted octanol–water partition coefficient (Wildman–Crippen LogP) is 3.60. The van der Waals surface area contributed by atoms with Crippen LogP contribution in [0.4, 0.5) is 4.39 Å². The number of carbonyl (C=O) groups is 2. The molecule has 3 rings (SSSR count). The molecule has 0 radical (unpaired) electrons. The maximum Gasteiger partial charge on any atom is 0.295 e. The van der Waals surface area contributed by atoms with E-state index >= 15 is 0 Å². The van der Waals surface area contributed by atoms with Gasteiger partial charge < -0.3 is 19.6 Å². The average Bonchev–Trinajstić information content (AvgIpc) is 3.04. The Balaban J connectivity index is 2.10. The lowest BCUT2D eigenvalue weighted by molar-refractivity contribution is -0.140. The van der Waals surface area contributed by atoms with Crippen molar-refractivity contribution in [1.29, 1.82) is 0 Å². The zero-order chi connectivity index (χ0) is 22.5. The first kappa shape index (κ1) is 22.5. The molecule has 0 saturated carbocycles. The van der Waals surface area contributed by atoms with Gasteiger partial charge in [0, 0.05) is 18.7 Å². The van der Waals surface area contributed by atoms with Gasteiger partial charge in [-0.15, -0.1) is 0 Å². The number of benzene rings is 2. The second-order valence-corrected chi connectivity index (χ2v) is 7.30. The monoisotopic (exact) mass is 426 g/mol. The Morgan fingerprint density at radius 3 is 2.42 bits per heavy atom. The van der Waals surface area contributed by atoms with Crippen molar-refractivity contribution < 1.29 is 23.8 Å². The largest absolute Gasteiger partial charge is 0.507 e. The number of hydrogen-bond donors (Lipinski definition) is 1. The van der Waals surface area contributed by atoms with Gasteiger partial charge in [-0.05, 0) is 42.9 Å². The lowest BCUT2D eigenvalue weighted by Crippen LogP contribution is -2.38. The summed E-state index contributed by atoms with van der Waals surface area (Å²) in [6.45, 7) is 6.56. The molecule has 0 aliphatic carbocycles. The summed E-state index contributed by atoms with van der Waals surface area (Å²) in [6, 6.07) is 11.5. The van der Waals surface area contributed by atoms with E-state index in [-0.39, 0.29) is 11.3 Å². The topological polar surface area (TPSA) is 70.1 Å². The van der Waals surface area contributed by atoms with Gasteiger partial charge >= 0.3 is 0 Å². The van der Waals surface area contributed by atoms with Crippen molar-refractivity contribution in [1.82, 2.24) is 9.80 Å².